The number of anilines is 1. The van der Waals surface area contributed by atoms with Gasteiger partial charge in [0.1, 0.15) is 0 Å². The largest absolute Gasteiger partial charge is 0.586 e. The average Bonchev–Trinajstić information content (AvgIpc) is 3.55. The fraction of sp³-hybridized carbons (Fsp3) is 0.414. The van der Waals surface area contributed by atoms with Crippen molar-refractivity contribution in [1.29, 1.82) is 0 Å². The highest BCUT2D eigenvalue weighted by Gasteiger charge is 2.52. The molecule has 1 saturated heterocycles. The van der Waals surface area contributed by atoms with Gasteiger partial charge in [0.05, 0.1) is 17.4 Å². The first-order valence-corrected chi connectivity index (χ1v) is 13.4. The van der Waals surface area contributed by atoms with E-state index in [9.17, 15) is 31.5 Å². The Labute approximate surface area is 237 Å². The highest BCUT2D eigenvalue weighted by atomic mass is 19.4. The molecule has 3 aliphatic heterocycles. The number of nitrogens with zero attached hydrogens (tertiary/aromatic N) is 4. The van der Waals surface area contributed by atoms with Crippen LogP contribution in [0.4, 0.5) is 27.6 Å². The summed E-state index contributed by atoms with van der Waals surface area (Å²) in [6.45, 7) is 5.24. The van der Waals surface area contributed by atoms with E-state index < -0.39 is 35.5 Å². The van der Waals surface area contributed by atoms with Crippen LogP contribution < -0.4 is 14.4 Å². The molecule has 2 atom stereocenters. The molecule has 1 fully saturated rings. The third-order valence-corrected chi connectivity index (χ3v) is 7.85. The maximum absolute atomic E-state index is 14.3. The van der Waals surface area contributed by atoms with Crippen molar-refractivity contribution < 1.29 is 41.0 Å². The first kappa shape index (κ1) is 28.0. The topological polar surface area (TPSA) is 76.9 Å². The Balaban J connectivity index is 1.36. The van der Waals surface area contributed by atoms with Crippen LogP contribution in [0.25, 0.3) is 5.69 Å². The Morgan fingerprint density at radius 3 is 2.43 bits per heavy atom. The van der Waals surface area contributed by atoms with Gasteiger partial charge in [-0.15, -0.1) is 8.78 Å². The van der Waals surface area contributed by atoms with Crippen LogP contribution in [0, 0.1) is 5.41 Å². The Morgan fingerprint density at radius 2 is 1.74 bits per heavy atom. The normalized spacial score (nSPS) is 20.5. The summed E-state index contributed by atoms with van der Waals surface area (Å²) in [7, 11) is 1.43. The third-order valence-electron chi connectivity index (χ3n) is 7.85. The predicted molar refractivity (Wildman–Crippen MR) is 140 cm³/mol. The van der Waals surface area contributed by atoms with E-state index in [1.165, 1.54) is 53.0 Å². The number of carbonyl (C=O) groups excluding carboxylic acids is 2. The van der Waals surface area contributed by atoms with Gasteiger partial charge < -0.3 is 19.3 Å². The summed E-state index contributed by atoms with van der Waals surface area (Å²) in [5.41, 5.74) is -0.809. The van der Waals surface area contributed by atoms with Gasteiger partial charge in [-0.05, 0) is 43.2 Å². The highest BCUT2D eigenvalue weighted by Crippen LogP contribution is 2.50. The van der Waals surface area contributed by atoms with Gasteiger partial charge in [-0.1, -0.05) is 26.8 Å². The molecule has 0 radical (unpaired) electrons. The van der Waals surface area contributed by atoms with Crippen LogP contribution in [-0.2, 0) is 17.4 Å². The lowest BCUT2D eigenvalue weighted by atomic mass is 9.90. The fourth-order valence-corrected chi connectivity index (χ4v) is 5.95. The quantitative estimate of drug-likeness (QED) is 0.344. The molecule has 6 rings (SSSR count). The molecular formula is C29H27F5N4O4. The Kier molecular flexibility index (Phi) is 6.11. The molecule has 8 nitrogen and oxygen atoms in total. The minimum absolute atomic E-state index is 0.000130. The summed E-state index contributed by atoms with van der Waals surface area (Å²) in [5.74, 6) is -1.15. The number of rotatable bonds is 3. The van der Waals surface area contributed by atoms with Gasteiger partial charge in [0.15, 0.2) is 17.2 Å². The molecule has 2 unspecified atom stereocenters. The smallest absolute Gasteiger partial charge is 0.395 e. The molecule has 0 saturated carbocycles. The molecule has 42 heavy (non-hydrogen) atoms. The van der Waals surface area contributed by atoms with Crippen molar-refractivity contribution in [3.63, 3.8) is 0 Å². The van der Waals surface area contributed by atoms with Crippen molar-refractivity contribution in [2.75, 3.05) is 11.9 Å². The summed E-state index contributed by atoms with van der Waals surface area (Å²) in [6, 6.07) is 8.91. The van der Waals surface area contributed by atoms with Crippen LogP contribution in [0.15, 0.2) is 42.5 Å². The zero-order valence-electron chi connectivity index (χ0n) is 23.1. The maximum atomic E-state index is 14.3. The van der Waals surface area contributed by atoms with E-state index in [4.69, 9.17) is 0 Å². The van der Waals surface area contributed by atoms with E-state index in [0.717, 1.165) is 0 Å². The summed E-state index contributed by atoms with van der Waals surface area (Å²) in [4.78, 5) is 29.4. The Hall–Kier alpha value is -4.16. The fourth-order valence-electron chi connectivity index (χ4n) is 5.95. The molecule has 222 valence electrons. The van der Waals surface area contributed by atoms with Gasteiger partial charge in [-0.3, -0.25) is 9.59 Å². The number of halogens is 5. The second-order valence-corrected chi connectivity index (χ2v) is 11.7. The molecule has 3 aromatic rings. The number of fused-ring (bicyclic) bond motifs is 5. The van der Waals surface area contributed by atoms with E-state index in [-0.39, 0.29) is 52.4 Å². The van der Waals surface area contributed by atoms with Crippen LogP contribution in [0.5, 0.6) is 11.5 Å². The summed E-state index contributed by atoms with van der Waals surface area (Å²) < 4.78 is 79.9. The van der Waals surface area contributed by atoms with Crippen LogP contribution >= 0.6 is 0 Å². The number of carbonyl (C=O) groups is 2. The van der Waals surface area contributed by atoms with E-state index >= 15 is 0 Å². The van der Waals surface area contributed by atoms with Gasteiger partial charge >= 0.3 is 12.5 Å². The molecule has 3 aliphatic rings. The highest BCUT2D eigenvalue weighted by molar-refractivity contribution is 6.06. The van der Waals surface area contributed by atoms with Gasteiger partial charge in [0.25, 0.3) is 5.91 Å². The zero-order chi connectivity index (χ0) is 30.4. The third kappa shape index (κ3) is 4.54. The first-order chi connectivity index (χ1) is 19.5. The zero-order valence-corrected chi connectivity index (χ0v) is 23.1. The lowest BCUT2D eigenvalue weighted by molar-refractivity contribution is -0.286. The van der Waals surface area contributed by atoms with Crippen molar-refractivity contribution >= 4 is 17.5 Å². The van der Waals surface area contributed by atoms with E-state index in [1.807, 2.05) is 0 Å². The maximum Gasteiger partial charge on any atom is 0.586 e. The van der Waals surface area contributed by atoms with E-state index in [1.54, 1.807) is 31.7 Å². The van der Waals surface area contributed by atoms with Crippen molar-refractivity contribution in [2.45, 2.75) is 64.6 Å². The number of hydrogen-bond donors (Lipinski definition) is 0. The number of amides is 2. The minimum atomic E-state index is -4.76. The molecule has 0 N–H and O–H groups in total. The van der Waals surface area contributed by atoms with Crippen LogP contribution in [-0.4, -0.2) is 45.9 Å². The predicted octanol–water partition coefficient (Wildman–Crippen LogP) is 6.12. The molecule has 13 heteroatoms. The second kappa shape index (κ2) is 9.17. The van der Waals surface area contributed by atoms with Crippen LogP contribution in [0.2, 0.25) is 0 Å². The van der Waals surface area contributed by atoms with Crippen molar-refractivity contribution in [3.8, 4) is 17.2 Å². The molecule has 0 aliphatic carbocycles. The number of ether oxygens (including phenoxy) is 2. The number of hydrogen-bond acceptors (Lipinski definition) is 5. The number of benzene rings is 2. The summed E-state index contributed by atoms with van der Waals surface area (Å²) in [5, 5.41) is 3.99. The SMILES string of the molecule is CN(C(=O)c1cccc(-n2nc(C(F)(F)F)c3c2CC2CCC3N2C(=O)C(C)(C)C)c1)c1ccc2c(c1)OC(F)(F)O2. The van der Waals surface area contributed by atoms with Crippen molar-refractivity contribution in [3.05, 3.63) is 65.0 Å². The van der Waals surface area contributed by atoms with Crippen LogP contribution in [0.1, 0.15) is 67.0 Å². The minimum Gasteiger partial charge on any atom is -0.395 e. The molecule has 2 amide bonds. The molecule has 4 heterocycles. The molecule has 1 aromatic heterocycles. The molecular weight excluding hydrogens is 563 g/mol. The number of alkyl halides is 5. The standard InChI is InChI=1S/C29H27F5N4O4/c1-27(2,3)26(40)37-17-8-10-19(37)23-20(13-17)38(35-24(23)28(30,31)32)18-7-5-6-15(12-18)25(39)36(4)16-9-11-21-22(14-16)42-29(33,34)41-21/h5-7,9,11-12,14,17,19H,8,10,13H2,1-4H3. The lowest BCUT2D eigenvalue weighted by Crippen LogP contribution is -2.47. The number of aromatic nitrogens is 2. The second-order valence-electron chi connectivity index (χ2n) is 11.7. The van der Waals surface area contributed by atoms with Gasteiger partial charge in [0.2, 0.25) is 5.91 Å². The summed E-state index contributed by atoms with van der Waals surface area (Å²) >= 11 is 0. The monoisotopic (exact) mass is 590 g/mol. The van der Waals surface area contributed by atoms with Crippen molar-refractivity contribution in [1.82, 2.24) is 14.7 Å². The molecule has 0 spiro atoms. The molecule has 2 bridgehead atoms. The van der Waals surface area contributed by atoms with Gasteiger partial charge in [0, 0.05) is 47.8 Å². The lowest BCUT2D eigenvalue weighted by Gasteiger charge is -2.39. The van der Waals surface area contributed by atoms with E-state index in [2.05, 4.69) is 14.6 Å². The Morgan fingerprint density at radius 1 is 1.02 bits per heavy atom. The molecule has 2 aromatic carbocycles. The van der Waals surface area contributed by atoms with Crippen molar-refractivity contribution in [2.24, 2.45) is 5.41 Å². The Bertz CT molecular complexity index is 1610. The van der Waals surface area contributed by atoms with Crippen LogP contribution in [0.3, 0.4) is 0 Å². The van der Waals surface area contributed by atoms with E-state index in [0.29, 0.717) is 18.5 Å². The van der Waals surface area contributed by atoms with Gasteiger partial charge in [-0.25, -0.2) is 4.68 Å². The average molecular weight is 591 g/mol. The first-order valence-electron chi connectivity index (χ1n) is 13.4. The van der Waals surface area contributed by atoms with Gasteiger partial charge in [-0.2, -0.15) is 18.3 Å². The summed E-state index contributed by atoms with van der Waals surface area (Å²) in [6.07, 6.45) is -7.41.